The van der Waals surface area contributed by atoms with E-state index in [1.54, 1.807) is 20.8 Å². The van der Waals surface area contributed by atoms with E-state index < -0.39 is 17.7 Å². The number of benzene rings is 3. The van der Waals surface area contributed by atoms with Crippen LogP contribution >= 0.6 is 0 Å². The van der Waals surface area contributed by atoms with Crippen molar-refractivity contribution in [3.05, 3.63) is 88.6 Å². The lowest BCUT2D eigenvalue weighted by molar-refractivity contribution is -0.136. The average Bonchev–Trinajstić information content (AvgIpc) is 3.18. The maximum atomic E-state index is 12.9. The van der Waals surface area contributed by atoms with E-state index in [1.165, 1.54) is 23.6 Å². The molecular formula is C27H27NO4. The minimum absolute atomic E-state index is 0.0478. The molecule has 3 aromatic carbocycles. The number of hydrogen-bond acceptors (Lipinski definition) is 4. The van der Waals surface area contributed by atoms with E-state index in [0.29, 0.717) is 5.57 Å². The summed E-state index contributed by atoms with van der Waals surface area (Å²) in [6, 6.07) is 19.9. The van der Waals surface area contributed by atoms with Gasteiger partial charge in [0.05, 0.1) is 7.11 Å². The SMILES string of the molecule is COC(=O)/C(NC(=O)OC(C)(C)C)=C(\c1ccccc1)c1ccc2c3c(cccc13)CC2. The van der Waals surface area contributed by atoms with Gasteiger partial charge in [0.15, 0.2) is 0 Å². The van der Waals surface area contributed by atoms with Gasteiger partial charge in [0, 0.05) is 5.57 Å². The highest BCUT2D eigenvalue weighted by Gasteiger charge is 2.26. The largest absolute Gasteiger partial charge is 0.464 e. The first-order chi connectivity index (χ1) is 15.3. The summed E-state index contributed by atoms with van der Waals surface area (Å²) in [4.78, 5) is 25.6. The molecule has 3 aromatic rings. The van der Waals surface area contributed by atoms with E-state index >= 15 is 0 Å². The van der Waals surface area contributed by atoms with Crippen LogP contribution in [0.2, 0.25) is 0 Å². The molecule has 0 bridgehead atoms. The second kappa shape index (κ2) is 8.50. The number of aryl methyl sites for hydroxylation is 2. The van der Waals surface area contributed by atoms with E-state index in [2.05, 4.69) is 23.5 Å². The van der Waals surface area contributed by atoms with Crippen LogP contribution in [0.3, 0.4) is 0 Å². The number of ether oxygens (including phenoxy) is 2. The van der Waals surface area contributed by atoms with Crippen LogP contribution in [0.1, 0.15) is 43.0 Å². The van der Waals surface area contributed by atoms with Gasteiger partial charge in [0.1, 0.15) is 11.3 Å². The molecule has 5 nitrogen and oxygen atoms in total. The van der Waals surface area contributed by atoms with Crippen LogP contribution in [0.4, 0.5) is 4.79 Å². The van der Waals surface area contributed by atoms with Crippen molar-refractivity contribution in [3.63, 3.8) is 0 Å². The van der Waals surface area contributed by atoms with Gasteiger partial charge in [0.25, 0.3) is 0 Å². The minimum Gasteiger partial charge on any atom is -0.464 e. The van der Waals surface area contributed by atoms with Gasteiger partial charge in [-0.05, 0) is 66.6 Å². The zero-order chi connectivity index (χ0) is 22.9. The van der Waals surface area contributed by atoms with Crippen molar-refractivity contribution in [3.8, 4) is 0 Å². The van der Waals surface area contributed by atoms with Crippen LogP contribution in [0.5, 0.6) is 0 Å². The summed E-state index contributed by atoms with van der Waals surface area (Å²) in [7, 11) is 1.30. The molecular weight excluding hydrogens is 402 g/mol. The molecule has 0 atom stereocenters. The molecule has 32 heavy (non-hydrogen) atoms. The second-order valence-electron chi connectivity index (χ2n) is 8.85. The third-order valence-electron chi connectivity index (χ3n) is 5.47. The van der Waals surface area contributed by atoms with Crippen LogP contribution in [0, 0.1) is 0 Å². The monoisotopic (exact) mass is 429 g/mol. The van der Waals surface area contributed by atoms with E-state index in [0.717, 1.165) is 29.4 Å². The zero-order valence-electron chi connectivity index (χ0n) is 18.8. The quantitative estimate of drug-likeness (QED) is 0.446. The van der Waals surface area contributed by atoms with Crippen molar-refractivity contribution in [2.24, 2.45) is 0 Å². The van der Waals surface area contributed by atoms with E-state index in [4.69, 9.17) is 9.47 Å². The maximum absolute atomic E-state index is 12.9. The first-order valence-corrected chi connectivity index (χ1v) is 10.7. The van der Waals surface area contributed by atoms with Gasteiger partial charge in [-0.3, -0.25) is 5.32 Å². The minimum atomic E-state index is -0.711. The summed E-state index contributed by atoms with van der Waals surface area (Å²) >= 11 is 0. The number of carbonyl (C=O) groups is 2. The number of amides is 1. The molecule has 0 saturated carbocycles. The number of carbonyl (C=O) groups excluding carboxylic acids is 2. The van der Waals surface area contributed by atoms with Crippen LogP contribution in [0.15, 0.2) is 66.4 Å². The number of alkyl carbamates (subject to hydrolysis) is 1. The van der Waals surface area contributed by atoms with Gasteiger partial charge in [-0.1, -0.05) is 60.7 Å². The van der Waals surface area contributed by atoms with Crippen molar-refractivity contribution in [1.29, 1.82) is 0 Å². The molecule has 1 aliphatic carbocycles. The second-order valence-corrected chi connectivity index (χ2v) is 8.85. The molecule has 0 fully saturated rings. The highest BCUT2D eigenvalue weighted by Crippen LogP contribution is 2.38. The Kier molecular flexibility index (Phi) is 5.74. The Labute approximate surface area is 188 Å². The molecule has 0 heterocycles. The van der Waals surface area contributed by atoms with Crippen molar-refractivity contribution in [2.75, 3.05) is 7.11 Å². The first kappa shape index (κ1) is 21.6. The fourth-order valence-electron chi connectivity index (χ4n) is 4.23. The Bertz CT molecular complexity index is 1210. The average molecular weight is 430 g/mol. The van der Waals surface area contributed by atoms with E-state index in [-0.39, 0.29) is 5.70 Å². The Morgan fingerprint density at radius 1 is 0.875 bits per heavy atom. The van der Waals surface area contributed by atoms with Gasteiger partial charge >= 0.3 is 12.1 Å². The fraction of sp³-hybridized carbons (Fsp3) is 0.259. The number of methoxy groups -OCH3 is 1. The van der Waals surface area contributed by atoms with E-state index in [1.807, 2.05) is 42.5 Å². The van der Waals surface area contributed by atoms with Gasteiger partial charge in [-0.2, -0.15) is 0 Å². The van der Waals surface area contributed by atoms with Crippen LogP contribution in [-0.4, -0.2) is 24.8 Å². The normalized spacial score (nSPS) is 13.5. The van der Waals surface area contributed by atoms with Crippen LogP contribution in [0.25, 0.3) is 16.3 Å². The lowest BCUT2D eigenvalue weighted by Crippen LogP contribution is -2.35. The van der Waals surface area contributed by atoms with Crippen molar-refractivity contribution in [2.45, 2.75) is 39.2 Å². The Morgan fingerprint density at radius 3 is 2.22 bits per heavy atom. The van der Waals surface area contributed by atoms with Gasteiger partial charge in [0.2, 0.25) is 0 Å². The molecule has 0 saturated heterocycles. The summed E-state index contributed by atoms with van der Waals surface area (Å²) in [6.45, 7) is 5.32. The summed E-state index contributed by atoms with van der Waals surface area (Å²) in [6.07, 6.45) is 1.29. The van der Waals surface area contributed by atoms with E-state index in [9.17, 15) is 9.59 Å². The highest BCUT2D eigenvalue weighted by atomic mass is 16.6. The smallest absolute Gasteiger partial charge is 0.412 e. The molecule has 1 amide bonds. The molecule has 1 aliphatic rings. The summed E-state index contributed by atoms with van der Waals surface area (Å²) < 4.78 is 10.5. The number of rotatable bonds is 4. The molecule has 0 aliphatic heterocycles. The number of nitrogens with one attached hydrogen (secondary N) is 1. The lowest BCUT2D eigenvalue weighted by Gasteiger charge is -2.22. The standard InChI is InChI=1S/C27H27NO4/c1-27(2,3)32-26(30)28-24(25(29)31-4)23(17-9-6-5-7-10-17)21-16-15-19-14-13-18-11-8-12-20(21)22(18)19/h5-12,15-16H,13-14H2,1-4H3,(H,28,30)/b24-23-. The predicted octanol–water partition coefficient (Wildman–Crippen LogP) is 5.40. The van der Waals surface area contributed by atoms with Crippen LogP contribution in [-0.2, 0) is 27.1 Å². The van der Waals surface area contributed by atoms with Gasteiger partial charge in [-0.25, -0.2) is 9.59 Å². The third-order valence-corrected chi connectivity index (χ3v) is 5.47. The molecule has 0 unspecified atom stereocenters. The first-order valence-electron chi connectivity index (χ1n) is 10.7. The molecule has 4 rings (SSSR count). The Morgan fingerprint density at radius 2 is 1.56 bits per heavy atom. The molecule has 0 aromatic heterocycles. The molecule has 5 heteroatoms. The zero-order valence-corrected chi connectivity index (χ0v) is 18.8. The van der Waals surface area contributed by atoms with Crippen LogP contribution < -0.4 is 5.32 Å². The Balaban J connectivity index is 1.98. The molecule has 1 N–H and O–H groups in total. The topological polar surface area (TPSA) is 64.6 Å². The maximum Gasteiger partial charge on any atom is 0.412 e. The molecule has 164 valence electrons. The van der Waals surface area contributed by atoms with Gasteiger partial charge in [-0.15, -0.1) is 0 Å². The highest BCUT2D eigenvalue weighted by molar-refractivity contribution is 6.09. The summed E-state index contributed by atoms with van der Waals surface area (Å²) in [5.74, 6) is -0.641. The summed E-state index contributed by atoms with van der Waals surface area (Å²) in [5.41, 5.74) is 4.18. The third kappa shape index (κ3) is 4.24. The predicted molar refractivity (Wildman–Crippen MR) is 125 cm³/mol. The fourth-order valence-corrected chi connectivity index (χ4v) is 4.23. The van der Waals surface area contributed by atoms with Crippen molar-refractivity contribution < 1.29 is 19.1 Å². The Hall–Kier alpha value is -3.60. The van der Waals surface area contributed by atoms with Crippen molar-refractivity contribution >= 4 is 28.4 Å². The number of esters is 1. The van der Waals surface area contributed by atoms with Gasteiger partial charge < -0.3 is 9.47 Å². The number of hydrogen-bond donors (Lipinski definition) is 1. The lowest BCUT2D eigenvalue weighted by atomic mass is 9.90. The summed E-state index contributed by atoms with van der Waals surface area (Å²) in [5, 5.41) is 4.94. The molecule has 0 radical (unpaired) electrons. The van der Waals surface area contributed by atoms with Crippen molar-refractivity contribution in [1.82, 2.24) is 5.32 Å². The molecule has 0 spiro atoms.